The van der Waals surface area contributed by atoms with Gasteiger partial charge in [0.1, 0.15) is 12.2 Å². The van der Waals surface area contributed by atoms with Crippen molar-refractivity contribution >= 4 is 23.2 Å². The third-order valence-corrected chi connectivity index (χ3v) is 6.19. The maximum absolute atomic E-state index is 12.3. The van der Waals surface area contributed by atoms with Crippen molar-refractivity contribution in [2.24, 2.45) is 5.73 Å². The fraction of sp³-hybridized carbons (Fsp3) is 0.280. The van der Waals surface area contributed by atoms with Crippen molar-refractivity contribution in [1.29, 1.82) is 0 Å². The Labute approximate surface area is 210 Å². The van der Waals surface area contributed by atoms with Gasteiger partial charge >= 0.3 is 12.2 Å². The van der Waals surface area contributed by atoms with Gasteiger partial charge in [0.15, 0.2) is 5.82 Å². The zero-order valence-corrected chi connectivity index (χ0v) is 19.7. The number of amides is 2. The average molecular weight is 511 g/mol. The molecule has 0 unspecified atom stereocenters. The van der Waals surface area contributed by atoms with E-state index < -0.39 is 18.8 Å². The molecule has 1 aliphatic heterocycles. The van der Waals surface area contributed by atoms with Gasteiger partial charge in [0.25, 0.3) is 0 Å². The Morgan fingerprint density at radius 3 is 2.59 bits per heavy atom. The van der Waals surface area contributed by atoms with Gasteiger partial charge in [-0.15, -0.1) is 10.2 Å². The van der Waals surface area contributed by atoms with E-state index in [0.29, 0.717) is 11.3 Å². The number of urea groups is 1. The number of alkyl halides is 3. The second-order valence-corrected chi connectivity index (χ2v) is 8.89. The van der Waals surface area contributed by atoms with Gasteiger partial charge in [0.05, 0.1) is 17.6 Å². The van der Waals surface area contributed by atoms with E-state index in [1.807, 2.05) is 40.9 Å². The zero-order chi connectivity index (χ0) is 26.0. The fourth-order valence-electron chi connectivity index (χ4n) is 4.24. The monoisotopic (exact) mass is 510 g/mol. The molecule has 1 aromatic carbocycles. The Morgan fingerprint density at radius 1 is 1.05 bits per heavy atom. The highest BCUT2D eigenvalue weighted by molar-refractivity contribution is 5.90. The van der Waals surface area contributed by atoms with Crippen molar-refractivity contribution < 1.29 is 18.0 Å². The van der Waals surface area contributed by atoms with Crippen LogP contribution in [0.1, 0.15) is 12.8 Å². The number of nitrogens with zero attached hydrogens (tertiary/aromatic N) is 5. The van der Waals surface area contributed by atoms with Gasteiger partial charge < -0.3 is 21.3 Å². The minimum Gasteiger partial charge on any atom is -0.355 e. The molecule has 0 atom stereocenters. The maximum Gasteiger partial charge on any atom is 0.405 e. The van der Waals surface area contributed by atoms with E-state index in [2.05, 4.69) is 25.4 Å². The number of anilines is 2. The molecule has 3 aromatic heterocycles. The van der Waals surface area contributed by atoms with Gasteiger partial charge in [-0.3, -0.25) is 4.40 Å². The van der Waals surface area contributed by atoms with Crippen LogP contribution >= 0.6 is 0 Å². The van der Waals surface area contributed by atoms with Crippen LogP contribution in [-0.2, 0) is 0 Å². The normalized spacial score (nSPS) is 14.6. The largest absolute Gasteiger partial charge is 0.405 e. The fourth-order valence-corrected chi connectivity index (χ4v) is 4.24. The third-order valence-electron chi connectivity index (χ3n) is 6.19. The molecule has 4 N–H and O–H groups in total. The molecule has 4 heterocycles. The van der Waals surface area contributed by atoms with E-state index >= 15 is 0 Å². The van der Waals surface area contributed by atoms with Gasteiger partial charge in [-0.1, -0.05) is 12.1 Å². The molecule has 1 aliphatic rings. The molecule has 37 heavy (non-hydrogen) atoms. The van der Waals surface area contributed by atoms with Crippen LogP contribution in [-0.4, -0.2) is 57.5 Å². The van der Waals surface area contributed by atoms with Gasteiger partial charge in [-0.05, 0) is 49.2 Å². The molecule has 0 bridgehead atoms. The molecule has 0 aliphatic carbocycles. The van der Waals surface area contributed by atoms with Crippen LogP contribution in [0, 0.1) is 0 Å². The van der Waals surface area contributed by atoms with Crippen LogP contribution in [0.3, 0.4) is 0 Å². The van der Waals surface area contributed by atoms with Crippen LogP contribution in [0.2, 0.25) is 0 Å². The van der Waals surface area contributed by atoms with Crippen molar-refractivity contribution in [2.75, 3.05) is 29.9 Å². The molecule has 192 valence electrons. The number of hydrogen-bond acceptors (Lipinski definition) is 6. The number of nitrogens with two attached hydrogens (primary N) is 1. The van der Waals surface area contributed by atoms with Gasteiger partial charge in [-0.2, -0.15) is 13.2 Å². The topological polar surface area (TPSA) is 113 Å². The van der Waals surface area contributed by atoms with E-state index in [1.165, 1.54) is 0 Å². The van der Waals surface area contributed by atoms with E-state index in [1.54, 1.807) is 29.7 Å². The first-order chi connectivity index (χ1) is 17.7. The summed E-state index contributed by atoms with van der Waals surface area (Å²) >= 11 is 0. The van der Waals surface area contributed by atoms with Crippen LogP contribution in [0.25, 0.3) is 28.2 Å². The molecule has 2 amide bonds. The summed E-state index contributed by atoms with van der Waals surface area (Å²) in [5.41, 5.74) is 10.1. The summed E-state index contributed by atoms with van der Waals surface area (Å²) in [6, 6.07) is 13.8. The molecule has 12 heteroatoms. The molecule has 4 aromatic rings. The summed E-state index contributed by atoms with van der Waals surface area (Å²) in [5, 5.41) is 13.0. The summed E-state index contributed by atoms with van der Waals surface area (Å²) in [6.07, 6.45) is 0.950. The number of piperidine rings is 1. The molecule has 1 fully saturated rings. The molecule has 5 rings (SSSR count). The number of halogens is 3. The minimum absolute atomic E-state index is 0.246. The lowest BCUT2D eigenvalue weighted by Gasteiger charge is -2.30. The first-order valence-corrected chi connectivity index (χ1v) is 11.8. The molecule has 0 saturated carbocycles. The smallest absolute Gasteiger partial charge is 0.355 e. The average Bonchev–Trinajstić information content (AvgIpc) is 3.31. The molecule has 9 nitrogen and oxygen atoms in total. The highest BCUT2D eigenvalue weighted by Gasteiger charge is 2.27. The van der Waals surface area contributed by atoms with Crippen LogP contribution in [0.5, 0.6) is 0 Å². The highest BCUT2D eigenvalue weighted by atomic mass is 19.4. The predicted octanol–water partition coefficient (Wildman–Crippen LogP) is 4.07. The number of rotatable bonds is 5. The van der Waals surface area contributed by atoms with E-state index in [0.717, 1.165) is 54.3 Å². The number of carbonyl (C=O) groups excluding carboxylic acids is 1. The maximum atomic E-state index is 12.3. The summed E-state index contributed by atoms with van der Waals surface area (Å²) in [6.45, 7) is 0.327. The van der Waals surface area contributed by atoms with Crippen molar-refractivity contribution in [1.82, 2.24) is 24.9 Å². The van der Waals surface area contributed by atoms with Crippen LogP contribution in [0.4, 0.5) is 29.5 Å². The lowest BCUT2D eigenvalue weighted by molar-refractivity contribution is -0.122. The number of hydrogen-bond donors (Lipinski definition) is 3. The number of fused-ring (bicyclic) bond motifs is 1. The third kappa shape index (κ3) is 5.80. The van der Waals surface area contributed by atoms with Gasteiger partial charge in [0.2, 0.25) is 0 Å². The second-order valence-electron chi connectivity index (χ2n) is 8.89. The SMILES string of the molecule is NC1CCN(c2ccc(-c3ccn4c(-c5cccc(NC(=O)NCC(F)(F)F)c5)cnc4c3)nn2)CC1. The Bertz CT molecular complexity index is 1400. The lowest BCUT2D eigenvalue weighted by atomic mass is 10.1. The summed E-state index contributed by atoms with van der Waals surface area (Å²) in [5.74, 6) is 0.834. The number of imidazole rings is 1. The van der Waals surface area contributed by atoms with Crippen molar-refractivity contribution in [3.05, 3.63) is 60.9 Å². The highest BCUT2D eigenvalue weighted by Crippen LogP contribution is 2.27. The first-order valence-electron chi connectivity index (χ1n) is 11.8. The predicted molar refractivity (Wildman–Crippen MR) is 134 cm³/mol. The first kappa shape index (κ1) is 24.5. The van der Waals surface area contributed by atoms with Crippen molar-refractivity contribution in [2.45, 2.75) is 25.1 Å². The van der Waals surface area contributed by atoms with Gasteiger partial charge in [-0.25, -0.2) is 9.78 Å². The minimum atomic E-state index is -4.48. The zero-order valence-electron chi connectivity index (χ0n) is 19.7. The molecule has 0 radical (unpaired) electrons. The summed E-state index contributed by atoms with van der Waals surface area (Å²) in [4.78, 5) is 18.5. The standard InChI is InChI=1S/C25H25F3N8O/c26-25(27,28)15-31-24(37)32-19-3-1-2-17(12-19)21-14-30-23-13-16(6-11-36(21)23)20-4-5-22(34-33-20)35-9-7-18(29)8-10-35/h1-6,11-14,18H,7-10,15,29H2,(H2,31,32,37). The van der Waals surface area contributed by atoms with Crippen LogP contribution < -0.4 is 21.3 Å². The number of benzene rings is 1. The Hall–Kier alpha value is -4.19. The second kappa shape index (κ2) is 10.1. The quantitative estimate of drug-likeness (QED) is 0.373. The Balaban J connectivity index is 1.31. The number of carbonyl (C=O) groups is 1. The van der Waals surface area contributed by atoms with Crippen molar-refractivity contribution in [3.8, 4) is 22.5 Å². The number of nitrogens with one attached hydrogen (secondary N) is 2. The van der Waals surface area contributed by atoms with E-state index in [9.17, 15) is 18.0 Å². The van der Waals surface area contributed by atoms with E-state index in [4.69, 9.17) is 5.73 Å². The molecular weight excluding hydrogens is 485 g/mol. The number of pyridine rings is 1. The lowest BCUT2D eigenvalue weighted by Crippen LogP contribution is -2.40. The summed E-state index contributed by atoms with van der Waals surface area (Å²) in [7, 11) is 0. The van der Waals surface area contributed by atoms with Crippen molar-refractivity contribution in [3.63, 3.8) is 0 Å². The molecule has 1 saturated heterocycles. The molecular formula is C25H25F3N8O. The Morgan fingerprint density at radius 2 is 1.86 bits per heavy atom. The van der Waals surface area contributed by atoms with Crippen LogP contribution in [0.15, 0.2) is 60.9 Å². The molecule has 0 spiro atoms. The number of aromatic nitrogens is 4. The Kier molecular flexibility index (Phi) is 6.66. The van der Waals surface area contributed by atoms with Gasteiger partial charge in [0, 0.05) is 42.1 Å². The summed E-state index contributed by atoms with van der Waals surface area (Å²) < 4.78 is 38.9. The van der Waals surface area contributed by atoms with E-state index in [-0.39, 0.29) is 6.04 Å².